The van der Waals surface area contributed by atoms with Crippen LogP contribution in [-0.2, 0) is 40.9 Å². The van der Waals surface area contributed by atoms with Gasteiger partial charge in [-0.05, 0) is 19.1 Å². The second-order valence-corrected chi connectivity index (χ2v) is 8.84. The topological polar surface area (TPSA) is 46.2 Å². The highest BCUT2D eigenvalue weighted by molar-refractivity contribution is 7.92. The van der Waals surface area contributed by atoms with Crippen LogP contribution in [-0.4, -0.2) is 8.42 Å². The van der Waals surface area contributed by atoms with E-state index in [2.05, 4.69) is 0 Å². The van der Waals surface area contributed by atoms with Gasteiger partial charge in [0, 0.05) is 0 Å². The molecule has 0 atom stereocenters. The number of sulfonamides is 1. The molecule has 0 saturated carbocycles. The van der Waals surface area contributed by atoms with Gasteiger partial charge in [-0.25, -0.2) is 8.42 Å². The number of nitrogens with one attached hydrogen (secondary N) is 1. The number of hydrogen-bond acceptors (Lipinski definition) is 2. The van der Waals surface area contributed by atoms with Crippen molar-refractivity contribution in [3.63, 3.8) is 0 Å². The van der Waals surface area contributed by atoms with E-state index in [0.717, 1.165) is 12.1 Å². The second kappa shape index (κ2) is 8.87. The van der Waals surface area contributed by atoms with Crippen LogP contribution in [0.5, 0.6) is 0 Å². The maximum atomic E-state index is 13.7. The Kier molecular flexibility index (Phi) is 7.28. The van der Waals surface area contributed by atoms with Gasteiger partial charge in [0.05, 0.1) is 38.4 Å². The summed E-state index contributed by atoms with van der Waals surface area (Å²) in [6.07, 6.45) is -34.9. The van der Waals surface area contributed by atoms with Crippen molar-refractivity contribution in [2.24, 2.45) is 0 Å². The van der Waals surface area contributed by atoms with Crippen LogP contribution in [0.1, 0.15) is 33.4 Å². The summed E-state index contributed by atoms with van der Waals surface area (Å²) in [5.41, 5.74) is -23.9. The van der Waals surface area contributed by atoms with Crippen molar-refractivity contribution in [2.75, 3.05) is 4.72 Å². The summed E-state index contributed by atoms with van der Waals surface area (Å²) in [4.78, 5) is -1.23. The summed E-state index contributed by atoms with van der Waals surface area (Å²) < 4.78 is 229. The van der Waals surface area contributed by atoms with Crippen LogP contribution in [0.15, 0.2) is 29.2 Å². The van der Waals surface area contributed by atoms with Crippen LogP contribution in [0.25, 0.3) is 0 Å². The fourth-order valence-electron chi connectivity index (χ4n) is 3.18. The minimum atomic E-state index is -7.08. The SMILES string of the molecule is Cc1ccc(S(=O)(=O)Nc2c(C(F)(F)F)c(C(F)(F)F)c(C(F)(F)F)c(C(F)(F)F)c2C(F)(F)F)cc1. The molecule has 0 unspecified atom stereocenters. The first-order valence-electron chi connectivity index (χ1n) is 8.90. The summed E-state index contributed by atoms with van der Waals surface area (Å²) in [6, 6.07) is 2.83. The van der Waals surface area contributed by atoms with Gasteiger partial charge in [0.15, 0.2) is 0 Å². The smallest absolute Gasteiger partial charge is 0.278 e. The third kappa shape index (κ3) is 6.18. The summed E-state index contributed by atoms with van der Waals surface area (Å²) in [6.45, 7) is 1.31. The van der Waals surface area contributed by atoms with Gasteiger partial charge in [-0.15, -0.1) is 0 Å². The van der Waals surface area contributed by atoms with Gasteiger partial charge < -0.3 is 0 Å². The van der Waals surface area contributed by atoms with E-state index in [-0.39, 0.29) is 5.56 Å². The summed E-state index contributed by atoms with van der Waals surface area (Å²) in [5, 5.41) is 0. The van der Waals surface area contributed by atoms with E-state index in [9.17, 15) is 74.3 Å². The van der Waals surface area contributed by atoms with Gasteiger partial charge in [0.25, 0.3) is 10.0 Å². The Balaban J connectivity index is 3.35. The van der Waals surface area contributed by atoms with E-state index >= 15 is 0 Å². The second-order valence-electron chi connectivity index (χ2n) is 7.16. The molecule has 2 rings (SSSR count). The summed E-state index contributed by atoms with van der Waals surface area (Å²) in [5.74, 6) is 0. The fourth-order valence-corrected chi connectivity index (χ4v) is 4.27. The first-order chi connectivity index (χ1) is 16.2. The maximum absolute atomic E-state index is 13.7. The largest absolute Gasteiger partial charge is 0.419 e. The fraction of sp³-hybridized carbons (Fsp3) is 0.333. The van der Waals surface area contributed by atoms with Crippen molar-refractivity contribution in [3.8, 4) is 0 Å². The number of aryl methyl sites for hydroxylation is 1. The van der Waals surface area contributed by atoms with E-state index in [0.29, 0.717) is 16.9 Å². The number of alkyl halides is 15. The maximum Gasteiger partial charge on any atom is 0.419 e. The lowest BCUT2D eigenvalue weighted by atomic mass is 9.87. The first kappa shape index (κ1) is 30.4. The quantitative estimate of drug-likeness (QED) is 0.372. The molecule has 1 N–H and O–H groups in total. The highest BCUT2D eigenvalue weighted by atomic mass is 32.2. The van der Waals surface area contributed by atoms with Crippen LogP contribution in [0.4, 0.5) is 71.5 Å². The zero-order valence-corrected chi connectivity index (χ0v) is 18.0. The van der Waals surface area contributed by atoms with Gasteiger partial charge in [-0.2, -0.15) is 65.9 Å². The number of anilines is 1. The molecule has 0 radical (unpaired) electrons. The molecule has 0 saturated heterocycles. The van der Waals surface area contributed by atoms with Crippen LogP contribution in [0, 0.1) is 6.92 Å². The van der Waals surface area contributed by atoms with E-state index in [1.54, 1.807) is 0 Å². The minimum absolute atomic E-state index is 0.249. The van der Waals surface area contributed by atoms with E-state index in [1.807, 2.05) is 0 Å². The molecule has 19 heteroatoms. The number of halogens is 15. The highest BCUT2D eigenvalue weighted by Gasteiger charge is 2.61. The van der Waals surface area contributed by atoms with Crippen molar-refractivity contribution in [1.29, 1.82) is 0 Å². The standard InChI is InChI=1S/C18H8F15NO2S/c1-6-2-4-7(5-3-6)37(35,36)34-13-11(17(28,29)30)9(15(22,23)24)8(14(19,20)21)10(16(25,26)27)12(13)18(31,32)33/h2-5,34H,1H3. The van der Waals surface area contributed by atoms with Gasteiger partial charge in [0.2, 0.25) is 0 Å². The van der Waals surface area contributed by atoms with Gasteiger partial charge in [-0.3, -0.25) is 4.72 Å². The molecule has 0 amide bonds. The first-order valence-corrected chi connectivity index (χ1v) is 10.4. The molecule has 0 bridgehead atoms. The van der Waals surface area contributed by atoms with Crippen LogP contribution < -0.4 is 4.72 Å². The Bertz CT molecular complexity index is 1230. The predicted molar refractivity (Wildman–Crippen MR) is 93.4 cm³/mol. The molecule has 208 valence electrons. The molecule has 0 spiro atoms. The van der Waals surface area contributed by atoms with Gasteiger partial charge >= 0.3 is 30.9 Å². The lowest BCUT2D eigenvalue weighted by molar-refractivity contribution is -0.188. The van der Waals surface area contributed by atoms with Crippen molar-refractivity contribution in [1.82, 2.24) is 0 Å². The molecular weight excluding hydrogens is 579 g/mol. The van der Waals surface area contributed by atoms with Crippen molar-refractivity contribution >= 4 is 15.7 Å². The Hall–Kier alpha value is -2.86. The highest BCUT2D eigenvalue weighted by Crippen LogP contribution is 2.58. The lowest BCUT2D eigenvalue weighted by Gasteiger charge is -2.30. The molecule has 3 nitrogen and oxygen atoms in total. The normalized spacial score (nSPS) is 14.2. The van der Waals surface area contributed by atoms with Crippen molar-refractivity contribution in [2.45, 2.75) is 42.7 Å². The van der Waals surface area contributed by atoms with Gasteiger partial charge in [-0.1, -0.05) is 17.7 Å². The zero-order chi connectivity index (χ0) is 29.2. The van der Waals surface area contributed by atoms with Gasteiger partial charge in [0.1, 0.15) is 0 Å². The molecule has 0 fully saturated rings. The molecule has 37 heavy (non-hydrogen) atoms. The lowest BCUT2D eigenvalue weighted by Crippen LogP contribution is -2.33. The van der Waals surface area contributed by atoms with Crippen molar-refractivity contribution < 1.29 is 74.3 Å². The summed E-state index contributed by atoms with van der Waals surface area (Å²) in [7, 11) is -5.83. The number of rotatable bonds is 3. The number of benzene rings is 2. The molecule has 0 heterocycles. The molecule has 2 aromatic carbocycles. The molecular formula is C18H8F15NO2S. The van der Waals surface area contributed by atoms with Crippen molar-refractivity contribution in [3.05, 3.63) is 57.6 Å². The molecule has 0 aliphatic carbocycles. The molecule has 2 aromatic rings. The average Bonchev–Trinajstić information content (AvgIpc) is 2.62. The van der Waals surface area contributed by atoms with E-state index < -0.39 is 79.3 Å². The molecule has 0 aliphatic rings. The molecule has 0 aliphatic heterocycles. The third-order valence-electron chi connectivity index (χ3n) is 4.49. The minimum Gasteiger partial charge on any atom is -0.278 e. The Morgan fingerprint density at radius 1 is 0.514 bits per heavy atom. The Morgan fingerprint density at radius 3 is 1.05 bits per heavy atom. The monoisotopic (exact) mass is 587 g/mol. The van der Waals surface area contributed by atoms with E-state index in [4.69, 9.17) is 0 Å². The number of hydrogen-bond donors (Lipinski definition) is 1. The summed E-state index contributed by atoms with van der Waals surface area (Å²) >= 11 is 0. The third-order valence-corrected chi connectivity index (χ3v) is 5.85. The Labute approximate surface area is 195 Å². The molecule has 0 aromatic heterocycles. The Morgan fingerprint density at radius 2 is 0.784 bits per heavy atom. The predicted octanol–water partition coefficient (Wildman–Crippen LogP) is 7.89. The van der Waals surface area contributed by atoms with Crippen LogP contribution in [0.2, 0.25) is 0 Å². The average molecular weight is 587 g/mol. The van der Waals surface area contributed by atoms with Crippen LogP contribution >= 0.6 is 0 Å². The zero-order valence-electron chi connectivity index (χ0n) is 17.2. The van der Waals surface area contributed by atoms with E-state index in [1.165, 1.54) is 6.92 Å². The van der Waals surface area contributed by atoms with Crippen LogP contribution in [0.3, 0.4) is 0 Å².